The minimum absolute atomic E-state index is 0.861. The van der Waals surface area contributed by atoms with Crippen molar-refractivity contribution >= 4 is 0 Å². The molecule has 0 amide bonds. The van der Waals surface area contributed by atoms with Crippen LogP contribution in [-0.2, 0) is 0 Å². The summed E-state index contributed by atoms with van der Waals surface area (Å²) in [6, 6.07) is 0. The van der Waals surface area contributed by atoms with E-state index < -0.39 is 0 Å². The van der Waals surface area contributed by atoms with Gasteiger partial charge < -0.3 is 5.73 Å². The van der Waals surface area contributed by atoms with Gasteiger partial charge in [-0.3, -0.25) is 10.5 Å². The van der Waals surface area contributed by atoms with Gasteiger partial charge in [0, 0.05) is 0 Å². The molecule has 0 aliphatic heterocycles. The van der Waals surface area contributed by atoms with Gasteiger partial charge in [0.1, 0.15) is 0 Å². The van der Waals surface area contributed by atoms with Gasteiger partial charge in [0.25, 0.3) is 0 Å². The summed E-state index contributed by atoms with van der Waals surface area (Å²) in [6.07, 6.45) is 5.16. The summed E-state index contributed by atoms with van der Waals surface area (Å²) in [5.41, 5.74) is 5.27. The predicted octanol–water partition coefficient (Wildman–Crippen LogP) is 1.54. The lowest BCUT2D eigenvalue weighted by Crippen LogP contribution is -1.97. The van der Waals surface area contributed by atoms with Crippen molar-refractivity contribution in [3.63, 3.8) is 0 Å². The van der Waals surface area contributed by atoms with Crippen molar-refractivity contribution in [2.45, 2.75) is 32.6 Å². The van der Waals surface area contributed by atoms with Crippen LogP contribution in [0.5, 0.6) is 0 Å². The molecule has 4 N–H and O–H groups in total. The maximum Gasteiger partial charge on any atom is -0.00773 e. The molecule has 3 nitrogen and oxygen atoms in total. The molecule has 0 aliphatic rings. The molecule has 0 aliphatic carbocycles. The Morgan fingerprint density at radius 2 is 1.67 bits per heavy atom. The molecule has 0 fully saturated rings. The zero-order valence-corrected chi connectivity index (χ0v) is 6.01. The van der Waals surface area contributed by atoms with Crippen LogP contribution >= 0.6 is 0 Å². The zero-order chi connectivity index (χ0) is 7.54. The van der Waals surface area contributed by atoms with Gasteiger partial charge in [-0.2, -0.15) is 0 Å². The second-order valence-corrected chi connectivity index (χ2v) is 1.85. The maximum atomic E-state index is 6.00. The van der Waals surface area contributed by atoms with Crippen LogP contribution in [0.25, 0.3) is 0 Å². The van der Waals surface area contributed by atoms with Crippen LogP contribution in [0.3, 0.4) is 0 Å². The molecule has 0 unspecified atom stereocenters. The molecule has 0 aromatic rings. The molecule has 0 spiro atoms. The highest BCUT2D eigenvalue weighted by molar-refractivity contribution is 4.38. The van der Waals surface area contributed by atoms with Crippen LogP contribution in [0.4, 0.5) is 0 Å². The van der Waals surface area contributed by atoms with E-state index in [9.17, 15) is 0 Å². The summed E-state index contributed by atoms with van der Waals surface area (Å²) >= 11 is 0. The van der Waals surface area contributed by atoms with Crippen molar-refractivity contribution in [2.75, 3.05) is 6.54 Å². The first-order chi connectivity index (χ1) is 4.41. The number of rotatable bonds is 4. The highest BCUT2D eigenvalue weighted by Crippen LogP contribution is 1.95. The molecular weight excluding hydrogens is 118 g/mol. The van der Waals surface area contributed by atoms with Gasteiger partial charge in [0.2, 0.25) is 0 Å². The summed E-state index contributed by atoms with van der Waals surface area (Å²) in [4.78, 5) is 0. The van der Waals surface area contributed by atoms with Crippen molar-refractivity contribution in [1.29, 1.82) is 0 Å². The number of unbranched alkanes of at least 4 members (excludes halogenated alkanes) is 3. The topological polar surface area (TPSA) is 66.5 Å². The van der Waals surface area contributed by atoms with Crippen LogP contribution in [-0.4, -0.2) is 17.1 Å². The monoisotopic (exact) mass is 135 g/mol. The van der Waals surface area contributed by atoms with Crippen LogP contribution in [0.2, 0.25) is 0 Å². The Balaban J connectivity index is 0. The van der Waals surface area contributed by atoms with Gasteiger partial charge in [-0.25, -0.2) is 0 Å². The standard InChI is InChI=1S/C6H15N.H2O2/c1-2-3-4-5-6-7;1-2/h2-7H2,1H3;1-2H. The smallest absolute Gasteiger partial charge is 0.00773 e. The molecular formula is C6H17NO2. The molecule has 0 rings (SSSR count). The fourth-order valence-electron chi connectivity index (χ4n) is 0.571. The Kier molecular flexibility index (Phi) is 20.3. The van der Waals surface area contributed by atoms with Gasteiger partial charge in [-0.15, -0.1) is 0 Å². The lowest BCUT2D eigenvalue weighted by molar-refractivity contribution is -0.176. The molecule has 0 aromatic heterocycles. The average molecular weight is 135 g/mol. The van der Waals surface area contributed by atoms with Gasteiger partial charge in [-0.1, -0.05) is 26.2 Å². The van der Waals surface area contributed by atoms with E-state index in [1.54, 1.807) is 0 Å². The summed E-state index contributed by atoms with van der Waals surface area (Å²) in [6.45, 7) is 3.07. The summed E-state index contributed by atoms with van der Waals surface area (Å²) in [7, 11) is 0. The van der Waals surface area contributed by atoms with Gasteiger partial charge in [0.15, 0.2) is 0 Å². The molecule has 0 bridgehead atoms. The summed E-state index contributed by atoms with van der Waals surface area (Å²) < 4.78 is 0. The van der Waals surface area contributed by atoms with E-state index in [1.807, 2.05) is 0 Å². The molecule has 0 saturated heterocycles. The van der Waals surface area contributed by atoms with E-state index in [2.05, 4.69) is 6.92 Å². The zero-order valence-electron chi connectivity index (χ0n) is 6.01. The SMILES string of the molecule is CCCCCCN.OO. The molecule has 0 aromatic carbocycles. The van der Waals surface area contributed by atoms with Gasteiger partial charge >= 0.3 is 0 Å². The Bertz CT molecular complexity index is 30.2. The van der Waals surface area contributed by atoms with E-state index in [4.69, 9.17) is 16.2 Å². The highest BCUT2D eigenvalue weighted by Gasteiger charge is 1.80. The molecule has 0 atom stereocenters. The fraction of sp³-hybridized carbons (Fsp3) is 1.00. The van der Waals surface area contributed by atoms with E-state index in [1.165, 1.54) is 25.7 Å². The first-order valence-electron chi connectivity index (χ1n) is 3.32. The highest BCUT2D eigenvalue weighted by atomic mass is 17.0. The van der Waals surface area contributed by atoms with Gasteiger partial charge in [-0.05, 0) is 13.0 Å². The molecule has 9 heavy (non-hydrogen) atoms. The van der Waals surface area contributed by atoms with E-state index in [-0.39, 0.29) is 0 Å². The third-order valence-corrected chi connectivity index (χ3v) is 1.06. The number of hydrogen-bond acceptors (Lipinski definition) is 3. The normalized spacial score (nSPS) is 8.00. The van der Waals surface area contributed by atoms with E-state index >= 15 is 0 Å². The summed E-state index contributed by atoms with van der Waals surface area (Å²) in [5, 5.41) is 12.0. The van der Waals surface area contributed by atoms with Crippen molar-refractivity contribution < 1.29 is 10.5 Å². The van der Waals surface area contributed by atoms with Crippen LogP contribution < -0.4 is 5.73 Å². The number of hydrogen-bond donors (Lipinski definition) is 3. The first kappa shape index (κ1) is 11.6. The number of nitrogens with two attached hydrogens (primary N) is 1. The summed E-state index contributed by atoms with van der Waals surface area (Å²) in [5.74, 6) is 0. The third kappa shape index (κ3) is 18.1. The van der Waals surface area contributed by atoms with E-state index in [0.717, 1.165) is 6.54 Å². The lowest BCUT2D eigenvalue weighted by atomic mass is 10.2. The van der Waals surface area contributed by atoms with Crippen LogP contribution in [0, 0.1) is 0 Å². The maximum absolute atomic E-state index is 6.00. The van der Waals surface area contributed by atoms with Crippen molar-refractivity contribution in [2.24, 2.45) is 5.73 Å². The van der Waals surface area contributed by atoms with Crippen LogP contribution in [0.15, 0.2) is 0 Å². The quantitative estimate of drug-likeness (QED) is 0.311. The predicted molar refractivity (Wildman–Crippen MR) is 38.5 cm³/mol. The molecule has 58 valence electrons. The third-order valence-electron chi connectivity index (χ3n) is 1.06. The Morgan fingerprint density at radius 3 is 2.00 bits per heavy atom. The Labute approximate surface area is 56.4 Å². The molecule has 0 heterocycles. The van der Waals surface area contributed by atoms with E-state index in [0.29, 0.717) is 0 Å². The molecule has 3 heteroatoms. The second-order valence-electron chi connectivity index (χ2n) is 1.85. The Morgan fingerprint density at radius 1 is 1.11 bits per heavy atom. The van der Waals surface area contributed by atoms with Crippen molar-refractivity contribution in [3.8, 4) is 0 Å². The molecule has 0 radical (unpaired) electrons. The lowest BCUT2D eigenvalue weighted by Gasteiger charge is -1.90. The average Bonchev–Trinajstić information content (AvgIpc) is 1.94. The molecule has 0 saturated carbocycles. The second kappa shape index (κ2) is 15.7. The van der Waals surface area contributed by atoms with Crippen molar-refractivity contribution in [1.82, 2.24) is 0 Å². The van der Waals surface area contributed by atoms with Crippen molar-refractivity contribution in [3.05, 3.63) is 0 Å². The first-order valence-corrected chi connectivity index (χ1v) is 3.32. The largest absolute Gasteiger partial charge is 0.330 e. The van der Waals surface area contributed by atoms with Gasteiger partial charge in [0.05, 0.1) is 0 Å². The Hall–Kier alpha value is -0.120. The minimum atomic E-state index is 0.861. The fourth-order valence-corrected chi connectivity index (χ4v) is 0.571. The van der Waals surface area contributed by atoms with Crippen LogP contribution in [0.1, 0.15) is 32.6 Å². The minimum Gasteiger partial charge on any atom is -0.330 e.